The van der Waals surface area contributed by atoms with E-state index in [0.717, 1.165) is 16.2 Å². The Kier molecular flexibility index (Phi) is 6.41. The highest BCUT2D eigenvalue weighted by Crippen LogP contribution is 2.38. The van der Waals surface area contributed by atoms with Gasteiger partial charge < -0.3 is 4.74 Å². The van der Waals surface area contributed by atoms with Crippen molar-refractivity contribution in [3.05, 3.63) is 83.2 Å². The summed E-state index contributed by atoms with van der Waals surface area (Å²) < 4.78 is 85.9. The largest absolute Gasteiger partial charge is 0.497 e. The van der Waals surface area contributed by atoms with Crippen LogP contribution in [0.15, 0.2) is 60.8 Å². The molecule has 182 valence electrons. The standard InChI is InChI=1S/C23H15F6N3O2S/c1-34-17-5-6-18-19(11-17)35-21(31-18)32(12-16-4-2-3-7-30-16)20(33)13-8-14(22(24,25)26)10-15(9-13)23(27,28)29/h2-11H,12H2,1H3. The molecule has 0 aliphatic carbocycles. The zero-order valence-electron chi connectivity index (χ0n) is 17.8. The number of fused-ring (bicyclic) bond motifs is 1. The Morgan fingerprint density at radius 2 is 1.66 bits per heavy atom. The summed E-state index contributed by atoms with van der Waals surface area (Å²) in [4.78, 5) is 22.9. The lowest BCUT2D eigenvalue weighted by Gasteiger charge is -2.21. The van der Waals surface area contributed by atoms with Gasteiger partial charge in [0, 0.05) is 11.8 Å². The molecule has 2 heterocycles. The number of thiazole rings is 1. The molecule has 0 spiro atoms. The van der Waals surface area contributed by atoms with Gasteiger partial charge in [0.25, 0.3) is 5.91 Å². The van der Waals surface area contributed by atoms with Crippen LogP contribution >= 0.6 is 11.3 Å². The first-order valence-corrected chi connectivity index (χ1v) is 10.7. The Balaban J connectivity index is 1.84. The van der Waals surface area contributed by atoms with E-state index < -0.39 is 35.0 Å². The smallest absolute Gasteiger partial charge is 0.416 e. The number of anilines is 1. The summed E-state index contributed by atoms with van der Waals surface area (Å²) in [6, 6.07) is 10.5. The van der Waals surface area contributed by atoms with Gasteiger partial charge in [0.2, 0.25) is 0 Å². The number of halogens is 6. The number of alkyl halides is 6. The Morgan fingerprint density at radius 1 is 0.971 bits per heavy atom. The van der Waals surface area contributed by atoms with Crippen LogP contribution in [0.1, 0.15) is 27.2 Å². The fraction of sp³-hybridized carbons (Fsp3) is 0.174. The summed E-state index contributed by atoms with van der Waals surface area (Å²) in [5, 5.41) is 0.0786. The highest BCUT2D eigenvalue weighted by atomic mass is 32.1. The molecule has 12 heteroatoms. The zero-order chi connectivity index (χ0) is 25.4. The van der Waals surface area contributed by atoms with E-state index >= 15 is 0 Å². The van der Waals surface area contributed by atoms with Crippen molar-refractivity contribution in [2.24, 2.45) is 0 Å². The number of pyridine rings is 1. The molecule has 0 saturated heterocycles. The maximum Gasteiger partial charge on any atom is 0.416 e. The van der Waals surface area contributed by atoms with Crippen molar-refractivity contribution in [1.29, 1.82) is 0 Å². The van der Waals surface area contributed by atoms with Crippen LogP contribution in [-0.2, 0) is 18.9 Å². The molecule has 0 radical (unpaired) electrons. The summed E-state index contributed by atoms with van der Waals surface area (Å²) in [7, 11) is 1.46. The normalized spacial score (nSPS) is 12.1. The van der Waals surface area contributed by atoms with Crippen molar-refractivity contribution in [1.82, 2.24) is 9.97 Å². The fourth-order valence-corrected chi connectivity index (χ4v) is 4.24. The molecule has 35 heavy (non-hydrogen) atoms. The lowest BCUT2D eigenvalue weighted by molar-refractivity contribution is -0.143. The van der Waals surface area contributed by atoms with E-state index in [4.69, 9.17) is 4.74 Å². The Hall–Kier alpha value is -3.67. The Morgan fingerprint density at radius 3 is 2.23 bits per heavy atom. The van der Waals surface area contributed by atoms with Crippen LogP contribution in [0.3, 0.4) is 0 Å². The minimum absolute atomic E-state index is 0.0240. The van der Waals surface area contributed by atoms with Crippen molar-refractivity contribution >= 4 is 32.6 Å². The predicted octanol–water partition coefficient (Wildman–Crippen LogP) is 6.58. The molecule has 0 fully saturated rings. The Labute approximate surface area is 198 Å². The average molecular weight is 511 g/mol. The average Bonchev–Trinajstić information content (AvgIpc) is 3.24. The predicted molar refractivity (Wildman–Crippen MR) is 117 cm³/mol. The Bertz CT molecular complexity index is 1340. The number of carbonyl (C=O) groups is 1. The third-order valence-electron chi connectivity index (χ3n) is 4.94. The number of hydrogen-bond donors (Lipinski definition) is 0. The molecule has 4 aromatic rings. The summed E-state index contributed by atoms with van der Waals surface area (Å²) in [6.07, 6.45) is -8.73. The minimum atomic E-state index is -5.09. The SMILES string of the molecule is COc1ccc2nc(N(Cc3ccccn3)C(=O)c3cc(C(F)(F)F)cc(C(F)(F)F)c3)sc2c1. The van der Waals surface area contributed by atoms with E-state index in [-0.39, 0.29) is 17.7 Å². The molecule has 0 aliphatic heterocycles. The van der Waals surface area contributed by atoms with Crippen LogP contribution in [0.2, 0.25) is 0 Å². The van der Waals surface area contributed by atoms with Gasteiger partial charge in [-0.1, -0.05) is 17.4 Å². The van der Waals surface area contributed by atoms with E-state index in [0.29, 0.717) is 33.8 Å². The first-order chi connectivity index (χ1) is 16.5. The maximum atomic E-state index is 13.4. The molecule has 0 aliphatic rings. The van der Waals surface area contributed by atoms with Crippen molar-refractivity contribution in [2.45, 2.75) is 18.9 Å². The number of aromatic nitrogens is 2. The van der Waals surface area contributed by atoms with Gasteiger partial charge in [-0.2, -0.15) is 26.3 Å². The second-order valence-corrected chi connectivity index (χ2v) is 8.35. The molecular formula is C23H15F6N3O2S. The van der Waals surface area contributed by atoms with Gasteiger partial charge in [-0.05, 0) is 48.5 Å². The molecule has 4 rings (SSSR count). The number of amides is 1. The molecule has 2 aromatic carbocycles. The van der Waals surface area contributed by atoms with E-state index in [2.05, 4.69) is 9.97 Å². The van der Waals surface area contributed by atoms with Crippen LogP contribution in [0, 0.1) is 0 Å². The molecule has 0 bridgehead atoms. The second kappa shape index (κ2) is 9.17. The van der Waals surface area contributed by atoms with Crippen molar-refractivity contribution in [3.63, 3.8) is 0 Å². The highest BCUT2D eigenvalue weighted by Gasteiger charge is 2.38. The summed E-state index contributed by atoms with van der Waals surface area (Å²) in [5.41, 5.74) is -3.10. The topological polar surface area (TPSA) is 55.3 Å². The lowest BCUT2D eigenvalue weighted by atomic mass is 10.0. The van der Waals surface area contributed by atoms with Gasteiger partial charge in [-0.25, -0.2) is 4.98 Å². The third kappa shape index (κ3) is 5.37. The lowest BCUT2D eigenvalue weighted by Crippen LogP contribution is -2.31. The van der Waals surface area contributed by atoms with Crippen molar-refractivity contribution in [3.8, 4) is 5.75 Å². The fourth-order valence-electron chi connectivity index (χ4n) is 3.25. The van der Waals surface area contributed by atoms with E-state index in [1.54, 1.807) is 36.4 Å². The first kappa shape index (κ1) is 24.5. The summed E-state index contributed by atoms with van der Waals surface area (Å²) >= 11 is 1.04. The van der Waals surface area contributed by atoms with Gasteiger partial charge in [0.1, 0.15) is 5.75 Å². The van der Waals surface area contributed by atoms with E-state index in [9.17, 15) is 31.1 Å². The molecule has 0 unspecified atom stereocenters. The van der Waals surface area contributed by atoms with Gasteiger partial charge >= 0.3 is 12.4 Å². The van der Waals surface area contributed by atoms with Gasteiger partial charge in [-0.3, -0.25) is 14.7 Å². The molecular weight excluding hydrogens is 496 g/mol. The van der Waals surface area contributed by atoms with Crippen LogP contribution in [-0.4, -0.2) is 23.0 Å². The second-order valence-electron chi connectivity index (χ2n) is 7.34. The van der Waals surface area contributed by atoms with E-state index in [1.807, 2.05) is 0 Å². The molecule has 5 nitrogen and oxygen atoms in total. The van der Waals surface area contributed by atoms with Crippen molar-refractivity contribution in [2.75, 3.05) is 12.0 Å². The van der Waals surface area contributed by atoms with Gasteiger partial charge in [0.15, 0.2) is 5.13 Å². The van der Waals surface area contributed by atoms with Crippen LogP contribution < -0.4 is 9.64 Å². The number of rotatable bonds is 5. The quantitative estimate of drug-likeness (QED) is 0.284. The van der Waals surface area contributed by atoms with Crippen LogP contribution in [0.5, 0.6) is 5.75 Å². The molecule has 0 saturated carbocycles. The zero-order valence-corrected chi connectivity index (χ0v) is 18.6. The summed E-state index contributed by atoms with van der Waals surface area (Å²) in [6.45, 7) is -0.228. The number of ether oxygens (including phenoxy) is 1. The highest BCUT2D eigenvalue weighted by molar-refractivity contribution is 7.22. The molecule has 1 amide bonds. The minimum Gasteiger partial charge on any atom is -0.497 e. The van der Waals surface area contributed by atoms with Crippen LogP contribution in [0.25, 0.3) is 10.2 Å². The van der Waals surface area contributed by atoms with Crippen molar-refractivity contribution < 1.29 is 35.9 Å². The number of nitrogens with zero attached hydrogens (tertiary/aromatic N) is 3. The summed E-state index contributed by atoms with van der Waals surface area (Å²) in [5.74, 6) is -0.568. The first-order valence-electron chi connectivity index (χ1n) is 9.91. The number of methoxy groups -OCH3 is 1. The third-order valence-corrected chi connectivity index (χ3v) is 5.98. The number of hydrogen-bond acceptors (Lipinski definition) is 5. The van der Waals surface area contributed by atoms with Gasteiger partial charge in [0.05, 0.1) is 40.7 Å². The molecule has 0 N–H and O–H groups in total. The van der Waals surface area contributed by atoms with Gasteiger partial charge in [-0.15, -0.1) is 0 Å². The maximum absolute atomic E-state index is 13.4. The number of carbonyl (C=O) groups excluding carboxylic acids is 1. The monoisotopic (exact) mass is 511 g/mol. The molecule has 2 aromatic heterocycles. The number of benzene rings is 2. The van der Waals surface area contributed by atoms with E-state index in [1.165, 1.54) is 13.3 Å². The molecule has 0 atom stereocenters. The van der Waals surface area contributed by atoms with Crippen LogP contribution in [0.4, 0.5) is 31.5 Å².